The second-order valence-electron chi connectivity index (χ2n) is 0. The van der Waals surface area contributed by atoms with E-state index in [2.05, 4.69) is 0 Å². The Labute approximate surface area is 86.4 Å². The van der Waals surface area contributed by atoms with Crippen LogP contribution in [0.1, 0.15) is 0 Å². The van der Waals surface area contributed by atoms with Crippen molar-refractivity contribution < 1.29 is 87.7 Å². The van der Waals surface area contributed by atoms with Crippen molar-refractivity contribution in [2.75, 3.05) is 0 Å². The third kappa shape index (κ3) is 36.9. The van der Waals surface area contributed by atoms with Gasteiger partial charge in [0.15, 0.2) is 0 Å². The standard InChI is InChI=1S/Hf.4O.Th/q+4;4*-2;+4. The molecule has 0 unspecified atom stereocenters. The SMILES string of the molecule is [Hf+4].[O-2].[O-2].[O-2].[O-2].[Th+4]. The fourth-order valence-electron chi connectivity index (χ4n) is 0. The molecule has 0 saturated heterocycles. The van der Waals surface area contributed by atoms with Crippen molar-refractivity contribution in [3.8, 4) is 0 Å². The predicted molar refractivity (Wildman–Crippen MR) is 2.75 cm³/mol. The Morgan fingerprint density at radius 2 is 0.500 bits per heavy atom. The molecular formula is HfO4Th. The van der Waals surface area contributed by atoms with Crippen LogP contribution in [0.2, 0.25) is 0 Å². The zero-order chi connectivity index (χ0) is 0. The molecule has 0 aromatic carbocycles. The number of rotatable bonds is 0. The van der Waals surface area contributed by atoms with E-state index >= 15 is 0 Å². The van der Waals surface area contributed by atoms with E-state index in [4.69, 9.17) is 0 Å². The first-order valence-electron chi connectivity index (χ1n) is 0. The molecule has 0 aromatic heterocycles. The molecule has 32 valence electrons. The Hall–Kier alpha value is 2.03. The molecule has 0 atom stereocenters. The molecule has 0 radical (unpaired) electrons. The van der Waals surface area contributed by atoms with Crippen LogP contribution in [0, 0.1) is 39.9 Å². The molecule has 0 N–H and O–H groups in total. The van der Waals surface area contributed by atoms with E-state index in [0.717, 1.165) is 0 Å². The maximum Gasteiger partial charge on any atom is 4.00 e. The van der Waals surface area contributed by atoms with E-state index in [1.807, 2.05) is 0 Å². The third-order valence-electron chi connectivity index (χ3n) is 0. The molecule has 0 fully saturated rings. The summed E-state index contributed by atoms with van der Waals surface area (Å²) in [5, 5.41) is 0. The van der Waals surface area contributed by atoms with Crippen LogP contribution in [0.3, 0.4) is 0 Å². The maximum atomic E-state index is 0. The van der Waals surface area contributed by atoms with E-state index in [0.29, 0.717) is 0 Å². The summed E-state index contributed by atoms with van der Waals surface area (Å²) in [6, 6.07) is 0. The summed E-state index contributed by atoms with van der Waals surface area (Å²) < 4.78 is 0. The normalized spacial score (nSPS) is 0. The van der Waals surface area contributed by atoms with Crippen molar-refractivity contribution in [3.05, 3.63) is 0 Å². The van der Waals surface area contributed by atoms with Gasteiger partial charge in [0.2, 0.25) is 0 Å². The van der Waals surface area contributed by atoms with Crippen molar-refractivity contribution >= 4 is 0 Å². The third-order valence-corrected chi connectivity index (χ3v) is 0. The molecule has 0 rings (SSSR count). The number of hydrogen-bond donors (Lipinski definition) is 0. The zero-order valence-electron chi connectivity index (χ0n) is 2.63. The monoisotopic (exact) mass is 476 g/mol. The average Bonchev–Trinajstić information content (AvgIpc) is 0. The van der Waals surface area contributed by atoms with Gasteiger partial charge in [-0.05, 0) is 0 Å². The first-order chi connectivity index (χ1) is 0. The van der Waals surface area contributed by atoms with Crippen molar-refractivity contribution in [1.29, 1.82) is 0 Å². The second kappa shape index (κ2) is 61.9. The van der Waals surface area contributed by atoms with Gasteiger partial charge in [-0.15, -0.1) is 0 Å². The average molecular weight is 475 g/mol. The summed E-state index contributed by atoms with van der Waals surface area (Å²) in [7, 11) is 0. The van der Waals surface area contributed by atoms with Gasteiger partial charge in [-0.25, -0.2) is 0 Å². The Morgan fingerprint density at radius 3 is 0.500 bits per heavy atom. The fourth-order valence-corrected chi connectivity index (χ4v) is 0. The topological polar surface area (TPSA) is 114 Å². The van der Waals surface area contributed by atoms with Gasteiger partial charge in [-0.2, -0.15) is 0 Å². The molecule has 0 heterocycles. The molecule has 0 saturated carbocycles. The summed E-state index contributed by atoms with van der Waals surface area (Å²) >= 11 is 0. The van der Waals surface area contributed by atoms with Crippen LogP contribution >= 0.6 is 0 Å². The van der Waals surface area contributed by atoms with Gasteiger partial charge < -0.3 is 21.9 Å². The van der Waals surface area contributed by atoms with E-state index in [9.17, 15) is 0 Å². The van der Waals surface area contributed by atoms with Gasteiger partial charge in [0.25, 0.3) is 0 Å². The molecule has 0 bridgehead atoms. The molecule has 0 aliphatic heterocycles. The largest absolute Gasteiger partial charge is 4.00 e. The minimum atomic E-state index is 0. The molecule has 4 nitrogen and oxygen atoms in total. The van der Waals surface area contributed by atoms with Crippen LogP contribution in [0.5, 0.6) is 0 Å². The molecular weight excluding hydrogens is 475 g/mol. The first kappa shape index (κ1) is 96.0. The maximum absolute atomic E-state index is 0. The molecule has 6 heteroatoms. The van der Waals surface area contributed by atoms with Crippen LogP contribution in [-0.2, 0) is 47.7 Å². The second-order valence-corrected chi connectivity index (χ2v) is 0. The van der Waals surface area contributed by atoms with Crippen LogP contribution in [0.15, 0.2) is 0 Å². The number of hydrogen-bond acceptors (Lipinski definition) is 0. The van der Waals surface area contributed by atoms with Crippen LogP contribution < -0.4 is 0 Å². The van der Waals surface area contributed by atoms with Gasteiger partial charge in [0.05, 0.1) is 0 Å². The van der Waals surface area contributed by atoms with Gasteiger partial charge in [-0.1, -0.05) is 0 Å². The van der Waals surface area contributed by atoms with Crippen LogP contribution in [0.4, 0.5) is 0 Å². The molecule has 0 amide bonds. The quantitative estimate of drug-likeness (QED) is 0.422. The molecule has 0 spiro atoms. The van der Waals surface area contributed by atoms with E-state index in [1.165, 1.54) is 0 Å². The summed E-state index contributed by atoms with van der Waals surface area (Å²) in [6.07, 6.45) is 0. The molecule has 0 aliphatic rings. The summed E-state index contributed by atoms with van der Waals surface area (Å²) in [4.78, 5) is 0. The van der Waals surface area contributed by atoms with Crippen molar-refractivity contribution in [2.24, 2.45) is 0 Å². The Bertz CT molecular complexity index is 7.51. The molecule has 0 aliphatic carbocycles. The van der Waals surface area contributed by atoms with Gasteiger partial charge in [-0.3, -0.25) is 0 Å². The van der Waals surface area contributed by atoms with E-state index < -0.39 is 0 Å². The van der Waals surface area contributed by atoms with Crippen molar-refractivity contribution in [1.82, 2.24) is 0 Å². The molecule has 0 aromatic rings. The van der Waals surface area contributed by atoms with Gasteiger partial charge >= 0.3 is 65.8 Å². The Kier molecular flexibility index (Phi) is 990. The smallest absolute Gasteiger partial charge is 2.00 e. The van der Waals surface area contributed by atoms with Gasteiger partial charge in [0, 0.05) is 0 Å². The Morgan fingerprint density at radius 1 is 0.500 bits per heavy atom. The Balaban J connectivity index is 0. The predicted octanol–water partition coefficient (Wildman–Crippen LogP) is -0.478. The summed E-state index contributed by atoms with van der Waals surface area (Å²) in [6.45, 7) is 0. The van der Waals surface area contributed by atoms with Crippen molar-refractivity contribution in [3.63, 3.8) is 0 Å². The molecule has 6 heavy (non-hydrogen) atoms. The van der Waals surface area contributed by atoms with E-state index in [1.54, 1.807) is 0 Å². The van der Waals surface area contributed by atoms with E-state index in [-0.39, 0.29) is 87.7 Å². The van der Waals surface area contributed by atoms with Crippen LogP contribution in [-0.4, -0.2) is 0 Å². The minimum absolute atomic E-state index is 0. The summed E-state index contributed by atoms with van der Waals surface area (Å²) in [5.41, 5.74) is 0. The minimum Gasteiger partial charge on any atom is -2.00 e. The summed E-state index contributed by atoms with van der Waals surface area (Å²) in [5.74, 6) is 0. The van der Waals surface area contributed by atoms with Crippen LogP contribution in [0.25, 0.3) is 0 Å². The fraction of sp³-hybridized carbons (Fsp3) is 0. The van der Waals surface area contributed by atoms with Crippen molar-refractivity contribution in [2.45, 2.75) is 0 Å². The first-order valence-corrected chi connectivity index (χ1v) is 0. The van der Waals surface area contributed by atoms with Gasteiger partial charge in [0.1, 0.15) is 0 Å². The zero-order valence-corrected chi connectivity index (χ0v) is 10.3.